The lowest BCUT2D eigenvalue weighted by atomic mass is 10.1. The van der Waals surface area contributed by atoms with Gasteiger partial charge in [-0.3, -0.25) is 0 Å². The first-order chi connectivity index (χ1) is 14.7. The Morgan fingerprint density at radius 2 is 2.00 bits per heavy atom. The van der Waals surface area contributed by atoms with Crippen LogP contribution in [-0.2, 0) is 9.47 Å². The highest BCUT2D eigenvalue weighted by molar-refractivity contribution is 6.32. The Balaban J connectivity index is 1.54. The van der Waals surface area contributed by atoms with Gasteiger partial charge in [0, 0.05) is 12.5 Å². The van der Waals surface area contributed by atoms with Crippen LogP contribution in [0.15, 0.2) is 22.6 Å². The Morgan fingerprint density at radius 3 is 2.77 bits per heavy atom. The highest BCUT2D eigenvalue weighted by Crippen LogP contribution is 2.43. The SMILES string of the molecule is Cc1ccc2nc(-c3c(Cl)nc(N)nc3N[C@@H]3C[C@H](CO)[C@H]4OC(C)(C)O[C@H]43)oc2c1. The number of hydrogen-bond donors (Lipinski definition) is 3. The van der Waals surface area contributed by atoms with Gasteiger partial charge in [0.05, 0.1) is 12.1 Å². The van der Waals surface area contributed by atoms with Gasteiger partial charge in [-0.05, 0) is 44.9 Å². The maximum absolute atomic E-state index is 9.84. The maximum Gasteiger partial charge on any atom is 0.234 e. The molecular weight excluding hydrogens is 422 g/mol. The Morgan fingerprint density at radius 1 is 1.23 bits per heavy atom. The van der Waals surface area contributed by atoms with Crippen LogP contribution in [0.25, 0.3) is 22.6 Å². The number of nitrogen functional groups attached to an aromatic ring is 1. The highest BCUT2D eigenvalue weighted by atomic mass is 35.5. The van der Waals surface area contributed by atoms with Gasteiger partial charge in [0.2, 0.25) is 11.8 Å². The quantitative estimate of drug-likeness (QED) is 0.518. The van der Waals surface area contributed by atoms with Crippen molar-refractivity contribution in [3.8, 4) is 11.5 Å². The normalized spacial score (nSPS) is 27.0. The number of rotatable bonds is 4. The van der Waals surface area contributed by atoms with Crippen molar-refractivity contribution in [1.82, 2.24) is 15.0 Å². The second-order valence-electron chi connectivity index (χ2n) is 8.58. The zero-order valence-corrected chi connectivity index (χ0v) is 18.2. The van der Waals surface area contributed by atoms with Crippen molar-refractivity contribution in [3.63, 3.8) is 0 Å². The van der Waals surface area contributed by atoms with E-state index in [1.54, 1.807) is 0 Å². The number of aromatic nitrogens is 3. The zero-order chi connectivity index (χ0) is 21.9. The number of fused-ring (bicyclic) bond motifs is 2. The molecule has 10 heteroatoms. The second kappa shape index (κ2) is 7.30. The van der Waals surface area contributed by atoms with Crippen LogP contribution in [-0.4, -0.2) is 50.7 Å². The maximum atomic E-state index is 9.84. The topological polar surface area (TPSA) is 129 Å². The minimum atomic E-state index is -0.730. The lowest BCUT2D eigenvalue weighted by Gasteiger charge is -2.24. The molecule has 164 valence electrons. The smallest absolute Gasteiger partial charge is 0.234 e. The van der Waals surface area contributed by atoms with E-state index < -0.39 is 5.79 Å². The van der Waals surface area contributed by atoms with E-state index in [0.717, 1.165) is 5.56 Å². The molecule has 2 fully saturated rings. The number of aryl methyl sites for hydroxylation is 1. The number of nitrogens with two attached hydrogens (primary N) is 1. The van der Waals surface area contributed by atoms with Crippen LogP contribution in [0.2, 0.25) is 5.15 Å². The summed E-state index contributed by atoms with van der Waals surface area (Å²) in [5.74, 6) is -0.0661. The summed E-state index contributed by atoms with van der Waals surface area (Å²) in [5, 5.41) is 13.4. The van der Waals surface area contributed by atoms with Crippen LogP contribution in [0.1, 0.15) is 25.8 Å². The standard InChI is InChI=1S/C21H24ClN5O4/c1-9-4-5-11-13(6-9)29-19(25-11)14-17(22)26-20(23)27-18(14)24-12-7-10(8-28)15-16(12)31-21(2,3)30-15/h4-6,10,12,15-16,28H,7-8H2,1-3H3,(H3,23,24,26,27)/t10-,12-,15-,16+/m1/s1. The molecule has 0 amide bonds. The van der Waals surface area contributed by atoms with Gasteiger partial charge in [-0.2, -0.15) is 4.98 Å². The molecule has 3 heterocycles. The molecule has 0 bridgehead atoms. The number of halogens is 1. The summed E-state index contributed by atoms with van der Waals surface area (Å²) < 4.78 is 18.1. The molecule has 0 radical (unpaired) electrons. The summed E-state index contributed by atoms with van der Waals surface area (Å²) >= 11 is 6.46. The van der Waals surface area contributed by atoms with Crippen LogP contribution in [0.4, 0.5) is 11.8 Å². The van der Waals surface area contributed by atoms with Crippen LogP contribution >= 0.6 is 11.6 Å². The van der Waals surface area contributed by atoms with Crippen molar-refractivity contribution in [1.29, 1.82) is 0 Å². The first kappa shape index (κ1) is 20.4. The van der Waals surface area contributed by atoms with Gasteiger partial charge in [0.25, 0.3) is 0 Å². The molecule has 5 rings (SSSR count). The molecule has 4 atom stereocenters. The van der Waals surface area contributed by atoms with Gasteiger partial charge in [-0.25, -0.2) is 9.97 Å². The van der Waals surface area contributed by atoms with Crippen molar-refractivity contribution < 1.29 is 19.0 Å². The zero-order valence-electron chi connectivity index (χ0n) is 17.4. The number of oxazole rings is 1. The number of nitrogens with zero attached hydrogens (tertiary/aromatic N) is 3. The number of anilines is 2. The Hall–Kier alpha value is -2.46. The molecule has 1 saturated carbocycles. The van der Waals surface area contributed by atoms with E-state index in [-0.39, 0.29) is 41.9 Å². The average Bonchev–Trinajstić information content (AvgIpc) is 3.32. The fourth-order valence-corrected chi connectivity index (χ4v) is 4.72. The Bertz CT molecular complexity index is 1150. The predicted molar refractivity (Wildman–Crippen MR) is 116 cm³/mol. The van der Waals surface area contributed by atoms with Gasteiger partial charge in [-0.15, -0.1) is 0 Å². The third-order valence-electron chi connectivity index (χ3n) is 5.78. The molecule has 1 saturated heterocycles. The van der Waals surface area contributed by atoms with E-state index in [1.807, 2.05) is 39.0 Å². The fourth-order valence-electron chi connectivity index (χ4n) is 4.46. The largest absolute Gasteiger partial charge is 0.436 e. The van der Waals surface area contributed by atoms with Crippen LogP contribution in [0.3, 0.4) is 0 Å². The van der Waals surface area contributed by atoms with Crippen molar-refractivity contribution in [2.24, 2.45) is 5.92 Å². The number of nitrogens with one attached hydrogen (secondary N) is 1. The van der Waals surface area contributed by atoms with E-state index in [2.05, 4.69) is 20.3 Å². The van der Waals surface area contributed by atoms with Crippen molar-refractivity contribution in [2.75, 3.05) is 17.7 Å². The van der Waals surface area contributed by atoms with Crippen molar-refractivity contribution in [3.05, 3.63) is 28.9 Å². The average molecular weight is 446 g/mol. The van der Waals surface area contributed by atoms with E-state index in [9.17, 15) is 5.11 Å². The van der Waals surface area contributed by atoms with Gasteiger partial charge < -0.3 is 30.0 Å². The molecule has 1 aliphatic heterocycles. The van der Waals surface area contributed by atoms with Gasteiger partial charge >= 0.3 is 0 Å². The van der Waals surface area contributed by atoms with E-state index in [1.165, 1.54) is 0 Å². The lowest BCUT2D eigenvalue weighted by Crippen LogP contribution is -2.35. The van der Waals surface area contributed by atoms with Crippen molar-refractivity contribution >= 4 is 34.5 Å². The third kappa shape index (κ3) is 3.61. The highest BCUT2D eigenvalue weighted by Gasteiger charge is 2.54. The minimum absolute atomic E-state index is 0.00277. The first-order valence-electron chi connectivity index (χ1n) is 10.2. The molecule has 2 aromatic heterocycles. The van der Waals surface area contributed by atoms with Gasteiger partial charge in [0.1, 0.15) is 28.2 Å². The summed E-state index contributed by atoms with van der Waals surface area (Å²) in [6.07, 6.45) is 0.152. The first-order valence-corrected chi connectivity index (χ1v) is 10.6. The fraction of sp³-hybridized carbons (Fsp3) is 0.476. The molecule has 9 nitrogen and oxygen atoms in total. The number of aliphatic hydroxyl groups excluding tert-OH is 1. The summed E-state index contributed by atoms with van der Waals surface area (Å²) in [5.41, 5.74) is 8.71. The van der Waals surface area contributed by atoms with Crippen LogP contribution in [0, 0.1) is 12.8 Å². The summed E-state index contributed by atoms with van der Waals surface area (Å²) in [6, 6.07) is 5.57. The molecule has 0 spiro atoms. The Labute approximate surface area is 183 Å². The van der Waals surface area contributed by atoms with Gasteiger partial charge in [-0.1, -0.05) is 17.7 Å². The third-order valence-corrected chi connectivity index (χ3v) is 6.05. The summed E-state index contributed by atoms with van der Waals surface area (Å²) in [6.45, 7) is 5.71. The predicted octanol–water partition coefficient (Wildman–Crippen LogP) is 3.14. The molecule has 1 aliphatic carbocycles. The molecule has 0 unspecified atom stereocenters. The van der Waals surface area contributed by atoms with Crippen LogP contribution in [0.5, 0.6) is 0 Å². The Kier molecular flexibility index (Phi) is 4.82. The molecular formula is C21H24ClN5O4. The molecule has 1 aromatic carbocycles. The summed E-state index contributed by atoms with van der Waals surface area (Å²) in [7, 11) is 0. The summed E-state index contributed by atoms with van der Waals surface area (Å²) in [4.78, 5) is 13.0. The van der Waals surface area contributed by atoms with E-state index >= 15 is 0 Å². The minimum Gasteiger partial charge on any atom is -0.436 e. The number of aliphatic hydroxyl groups is 1. The number of benzene rings is 1. The van der Waals surface area contributed by atoms with Gasteiger partial charge in [0.15, 0.2) is 11.4 Å². The van der Waals surface area contributed by atoms with Crippen LogP contribution < -0.4 is 11.1 Å². The lowest BCUT2D eigenvalue weighted by molar-refractivity contribution is -0.158. The molecule has 4 N–H and O–H groups in total. The molecule has 31 heavy (non-hydrogen) atoms. The molecule has 2 aliphatic rings. The monoisotopic (exact) mass is 445 g/mol. The van der Waals surface area contributed by atoms with E-state index in [0.29, 0.717) is 34.8 Å². The second-order valence-corrected chi connectivity index (χ2v) is 8.94. The van der Waals surface area contributed by atoms with Crippen molar-refractivity contribution in [2.45, 2.75) is 51.2 Å². The number of ether oxygens (including phenoxy) is 2. The number of hydrogen-bond acceptors (Lipinski definition) is 9. The molecule has 3 aromatic rings. The van der Waals surface area contributed by atoms with E-state index in [4.69, 9.17) is 31.2 Å².